The van der Waals surface area contributed by atoms with E-state index in [0.29, 0.717) is 17.9 Å². The van der Waals surface area contributed by atoms with E-state index in [1.807, 2.05) is 42.5 Å². The van der Waals surface area contributed by atoms with Gasteiger partial charge in [0.15, 0.2) is 0 Å². The van der Waals surface area contributed by atoms with Crippen molar-refractivity contribution in [1.82, 2.24) is 4.57 Å². The molecule has 0 aliphatic carbocycles. The molecule has 0 amide bonds. The molecule has 0 aliphatic heterocycles. The number of aromatic carboxylic acids is 1. The number of pyridine rings is 1. The van der Waals surface area contributed by atoms with Crippen molar-refractivity contribution >= 4 is 16.9 Å². The number of halogens is 1. The van der Waals surface area contributed by atoms with E-state index in [0.717, 1.165) is 22.3 Å². The van der Waals surface area contributed by atoms with Crippen LogP contribution in [0.1, 0.15) is 21.5 Å². The lowest BCUT2D eigenvalue weighted by Crippen LogP contribution is -2.19. The van der Waals surface area contributed by atoms with E-state index in [1.54, 1.807) is 34.9 Å². The molecule has 0 saturated heterocycles. The van der Waals surface area contributed by atoms with Gasteiger partial charge >= 0.3 is 5.97 Å². The minimum Gasteiger partial charge on any atom is -0.489 e. The number of benzene rings is 4. The summed E-state index contributed by atoms with van der Waals surface area (Å²) in [5, 5.41) is 9.83. The Morgan fingerprint density at radius 1 is 0.833 bits per heavy atom. The smallest absolute Gasteiger partial charge is 0.341 e. The highest BCUT2D eigenvalue weighted by molar-refractivity contribution is 5.93. The molecular formula is C30H22FNO4. The van der Waals surface area contributed by atoms with Gasteiger partial charge in [0.1, 0.15) is 23.7 Å². The van der Waals surface area contributed by atoms with Crippen LogP contribution in [-0.4, -0.2) is 15.6 Å². The predicted octanol–water partition coefficient (Wildman–Crippen LogP) is 6.13. The zero-order valence-corrected chi connectivity index (χ0v) is 19.2. The summed E-state index contributed by atoms with van der Waals surface area (Å²) < 4.78 is 20.9. The molecule has 5 rings (SSSR count). The van der Waals surface area contributed by atoms with Crippen molar-refractivity contribution in [3.05, 3.63) is 136 Å². The number of hydrogen-bond donors (Lipinski definition) is 1. The summed E-state index contributed by atoms with van der Waals surface area (Å²) in [7, 11) is 0. The molecule has 5 aromatic rings. The summed E-state index contributed by atoms with van der Waals surface area (Å²) in [4.78, 5) is 24.7. The van der Waals surface area contributed by atoms with Gasteiger partial charge in [-0.15, -0.1) is 0 Å². The second-order valence-corrected chi connectivity index (χ2v) is 8.46. The topological polar surface area (TPSA) is 68.5 Å². The fraction of sp³-hybridized carbons (Fsp3) is 0.0667. The lowest BCUT2D eigenvalue weighted by atomic mass is 10.0. The van der Waals surface area contributed by atoms with E-state index in [-0.39, 0.29) is 23.3 Å². The van der Waals surface area contributed by atoms with Crippen LogP contribution in [0.25, 0.3) is 22.0 Å². The maximum absolute atomic E-state index is 13.3. The lowest BCUT2D eigenvalue weighted by molar-refractivity contribution is 0.0695. The van der Waals surface area contributed by atoms with Crippen molar-refractivity contribution in [3.8, 4) is 16.9 Å². The second-order valence-electron chi connectivity index (χ2n) is 8.46. The molecule has 0 fully saturated rings. The maximum atomic E-state index is 13.3. The van der Waals surface area contributed by atoms with Gasteiger partial charge in [0, 0.05) is 12.7 Å². The molecule has 5 nitrogen and oxygen atoms in total. The average molecular weight is 480 g/mol. The minimum atomic E-state index is -1.31. The van der Waals surface area contributed by atoms with Gasteiger partial charge in [0.2, 0.25) is 5.43 Å². The third kappa shape index (κ3) is 4.88. The van der Waals surface area contributed by atoms with Crippen LogP contribution in [0.2, 0.25) is 0 Å². The largest absolute Gasteiger partial charge is 0.489 e. The lowest BCUT2D eigenvalue weighted by Gasteiger charge is -2.14. The number of hydrogen-bond acceptors (Lipinski definition) is 3. The molecule has 0 atom stereocenters. The Labute approximate surface area is 206 Å². The van der Waals surface area contributed by atoms with Crippen molar-refractivity contribution in [2.24, 2.45) is 0 Å². The predicted molar refractivity (Wildman–Crippen MR) is 137 cm³/mol. The van der Waals surface area contributed by atoms with Crippen LogP contribution in [0, 0.1) is 5.82 Å². The van der Waals surface area contributed by atoms with Gasteiger partial charge < -0.3 is 14.4 Å². The Balaban J connectivity index is 1.42. The summed E-state index contributed by atoms with van der Waals surface area (Å²) in [5.41, 5.74) is 3.62. The van der Waals surface area contributed by atoms with Crippen molar-refractivity contribution in [1.29, 1.82) is 0 Å². The summed E-state index contributed by atoms with van der Waals surface area (Å²) in [6, 6.07) is 29.1. The van der Waals surface area contributed by atoms with Gasteiger partial charge in [-0.05, 0) is 52.6 Å². The molecule has 0 spiro atoms. The molecule has 36 heavy (non-hydrogen) atoms. The van der Waals surface area contributed by atoms with Crippen LogP contribution in [-0.2, 0) is 13.2 Å². The highest BCUT2D eigenvalue weighted by atomic mass is 19.1. The number of aromatic nitrogens is 1. The summed E-state index contributed by atoms with van der Waals surface area (Å²) in [6.07, 6.45) is 1.32. The molecule has 1 N–H and O–H groups in total. The van der Waals surface area contributed by atoms with E-state index in [9.17, 15) is 19.1 Å². The Bertz CT molecular complexity index is 1590. The van der Waals surface area contributed by atoms with Gasteiger partial charge in [0.25, 0.3) is 0 Å². The number of fused-ring (bicyclic) bond motifs is 1. The molecular weight excluding hydrogens is 457 g/mol. The van der Waals surface area contributed by atoms with Crippen LogP contribution >= 0.6 is 0 Å². The van der Waals surface area contributed by atoms with Crippen LogP contribution in [0.3, 0.4) is 0 Å². The molecule has 6 heteroatoms. The Morgan fingerprint density at radius 2 is 1.50 bits per heavy atom. The van der Waals surface area contributed by atoms with Crippen LogP contribution in [0.4, 0.5) is 4.39 Å². The van der Waals surface area contributed by atoms with E-state index in [2.05, 4.69) is 12.1 Å². The number of rotatable bonds is 7. The van der Waals surface area contributed by atoms with Crippen molar-refractivity contribution in [3.63, 3.8) is 0 Å². The molecule has 0 radical (unpaired) electrons. The maximum Gasteiger partial charge on any atom is 0.341 e. The van der Waals surface area contributed by atoms with E-state index in [1.165, 1.54) is 18.3 Å². The average Bonchev–Trinajstić information content (AvgIpc) is 2.91. The number of carboxylic acid groups (broad SMARTS) is 1. The third-order valence-corrected chi connectivity index (χ3v) is 6.01. The SMILES string of the molecule is O=C(O)c1cn(Cc2ccc(F)cc2)c2ccc(OCc3ccc(-c4ccccc4)cc3)cc2c1=O. The summed E-state index contributed by atoms with van der Waals surface area (Å²) >= 11 is 0. The first kappa shape index (κ1) is 23.1. The van der Waals surface area contributed by atoms with Gasteiger partial charge in [-0.2, -0.15) is 0 Å². The highest BCUT2D eigenvalue weighted by Gasteiger charge is 2.16. The highest BCUT2D eigenvalue weighted by Crippen LogP contribution is 2.23. The van der Waals surface area contributed by atoms with Crippen LogP contribution in [0.15, 0.2) is 108 Å². The first-order valence-electron chi connectivity index (χ1n) is 11.4. The van der Waals surface area contributed by atoms with Gasteiger partial charge in [-0.3, -0.25) is 4.79 Å². The summed E-state index contributed by atoms with van der Waals surface area (Å²) in [6.45, 7) is 0.578. The molecule has 4 aromatic carbocycles. The van der Waals surface area contributed by atoms with Crippen molar-refractivity contribution in [2.45, 2.75) is 13.2 Å². The van der Waals surface area contributed by atoms with Gasteiger partial charge in [0.05, 0.1) is 10.9 Å². The van der Waals surface area contributed by atoms with Gasteiger partial charge in [-0.25, -0.2) is 9.18 Å². The molecule has 1 heterocycles. The van der Waals surface area contributed by atoms with Gasteiger partial charge in [-0.1, -0.05) is 66.7 Å². The quantitative estimate of drug-likeness (QED) is 0.305. The number of carboxylic acids is 1. The zero-order valence-electron chi connectivity index (χ0n) is 19.2. The van der Waals surface area contributed by atoms with E-state index < -0.39 is 11.4 Å². The van der Waals surface area contributed by atoms with Crippen LogP contribution in [0.5, 0.6) is 5.75 Å². The first-order chi connectivity index (χ1) is 17.5. The van der Waals surface area contributed by atoms with E-state index >= 15 is 0 Å². The number of carbonyl (C=O) groups is 1. The first-order valence-corrected chi connectivity index (χ1v) is 11.4. The molecule has 1 aromatic heterocycles. The Hall–Kier alpha value is -4.71. The fourth-order valence-corrected chi connectivity index (χ4v) is 4.13. The van der Waals surface area contributed by atoms with Crippen molar-refractivity contribution < 1.29 is 19.0 Å². The molecule has 0 aliphatic rings. The molecule has 178 valence electrons. The molecule has 0 saturated carbocycles. The number of nitrogens with zero attached hydrogens (tertiary/aromatic N) is 1. The molecule has 0 unspecified atom stereocenters. The number of ether oxygens (including phenoxy) is 1. The standard InChI is InChI=1S/C30H22FNO4/c31-24-12-8-20(9-13-24)17-32-18-27(30(34)35)29(33)26-16-25(14-15-28(26)32)36-19-21-6-10-23(11-7-21)22-4-2-1-3-5-22/h1-16,18H,17,19H2,(H,34,35). The molecule has 0 bridgehead atoms. The van der Waals surface area contributed by atoms with Crippen LogP contribution < -0.4 is 10.2 Å². The zero-order chi connectivity index (χ0) is 25.1. The second kappa shape index (κ2) is 9.88. The van der Waals surface area contributed by atoms with E-state index in [4.69, 9.17) is 4.74 Å². The Kier molecular flexibility index (Phi) is 6.33. The summed E-state index contributed by atoms with van der Waals surface area (Å²) in [5.74, 6) is -1.20. The third-order valence-electron chi connectivity index (χ3n) is 6.01. The minimum absolute atomic E-state index is 0.244. The van der Waals surface area contributed by atoms with Crippen molar-refractivity contribution in [2.75, 3.05) is 0 Å². The normalized spacial score (nSPS) is 10.9. The monoisotopic (exact) mass is 479 g/mol. The Morgan fingerprint density at radius 3 is 2.19 bits per heavy atom. The fourth-order valence-electron chi connectivity index (χ4n) is 4.13.